The maximum atomic E-state index is 6.42. The van der Waals surface area contributed by atoms with Crippen LogP contribution >= 0.6 is 11.6 Å². The molecule has 1 atom stereocenters. The Kier molecular flexibility index (Phi) is 4.55. The van der Waals surface area contributed by atoms with Gasteiger partial charge >= 0.3 is 0 Å². The molecule has 1 aromatic carbocycles. The van der Waals surface area contributed by atoms with Gasteiger partial charge in [-0.15, -0.1) is 0 Å². The molecule has 1 heterocycles. The third-order valence-corrected chi connectivity index (χ3v) is 5.03. The molecule has 2 aromatic rings. The molecule has 22 heavy (non-hydrogen) atoms. The largest absolute Gasteiger partial charge is 0.309 e. The Morgan fingerprint density at radius 1 is 1.32 bits per heavy atom. The molecule has 1 aromatic heterocycles. The van der Waals surface area contributed by atoms with Crippen molar-refractivity contribution in [3.8, 4) is 0 Å². The summed E-state index contributed by atoms with van der Waals surface area (Å²) >= 11 is 6.42. The van der Waals surface area contributed by atoms with E-state index in [-0.39, 0.29) is 0 Å². The average molecular weight is 318 g/mol. The van der Waals surface area contributed by atoms with E-state index in [9.17, 15) is 0 Å². The van der Waals surface area contributed by atoms with Crippen LogP contribution in [-0.2, 0) is 26.4 Å². The smallest absolute Gasteiger partial charge is 0.131 e. The van der Waals surface area contributed by atoms with E-state index in [2.05, 4.69) is 48.5 Å². The van der Waals surface area contributed by atoms with Gasteiger partial charge < -0.3 is 5.32 Å². The van der Waals surface area contributed by atoms with E-state index in [0.29, 0.717) is 12.0 Å². The standard InChI is InChI=1S/C18H24ClN3/c1-12(2)17-16(18(19)22(3)21-17)11-20-15-9-8-13-6-4-5-7-14(13)10-15/h4-7,12,15,20H,8-11H2,1-3H3/t15-/m0/s1. The number of aromatic nitrogens is 2. The molecule has 3 nitrogen and oxygen atoms in total. The van der Waals surface area contributed by atoms with Gasteiger partial charge in [-0.2, -0.15) is 5.10 Å². The lowest BCUT2D eigenvalue weighted by Gasteiger charge is -2.25. The molecule has 0 saturated heterocycles. The summed E-state index contributed by atoms with van der Waals surface area (Å²) in [5.41, 5.74) is 5.24. The summed E-state index contributed by atoms with van der Waals surface area (Å²) in [4.78, 5) is 0. The Bertz CT molecular complexity index is 660. The van der Waals surface area contributed by atoms with Gasteiger partial charge in [-0.25, -0.2) is 0 Å². The highest BCUT2D eigenvalue weighted by Crippen LogP contribution is 2.26. The van der Waals surface area contributed by atoms with E-state index in [1.165, 1.54) is 17.5 Å². The molecule has 0 spiro atoms. The van der Waals surface area contributed by atoms with Crippen molar-refractivity contribution in [2.75, 3.05) is 0 Å². The van der Waals surface area contributed by atoms with Crippen LogP contribution in [0, 0.1) is 0 Å². The molecule has 0 fully saturated rings. The number of rotatable bonds is 4. The van der Waals surface area contributed by atoms with Gasteiger partial charge in [0.15, 0.2) is 0 Å². The molecule has 0 saturated carbocycles. The Balaban J connectivity index is 1.69. The second-order valence-electron chi connectivity index (χ2n) is 6.52. The molecule has 4 heteroatoms. The van der Waals surface area contributed by atoms with Crippen LogP contribution in [0.25, 0.3) is 0 Å². The molecule has 1 aliphatic carbocycles. The molecule has 1 N–H and O–H groups in total. The van der Waals surface area contributed by atoms with E-state index in [0.717, 1.165) is 35.8 Å². The van der Waals surface area contributed by atoms with E-state index < -0.39 is 0 Å². The second-order valence-corrected chi connectivity index (χ2v) is 6.88. The van der Waals surface area contributed by atoms with Crippen LogP contribution in [0.2, 0.25) is 5.15 Å². The Hall–Kier alpha value is -1.32. The molecule has 0 unspecified atom stereocenters. The van der Waals surface area contributed by atoms with Crippen LogP contribution in [0.3, 0.4) is 0 Å². The number of hydrogen-bond donors (Lipinski definition) is 1. The van der Waals surface area contributed by atoms with Crippen molar-refractivity contribution < 1.29 is 0 Å². The van der Waals surface area contributed by atoms with Crippen molar-refractivity contribution >= 4 is 11.6 Å². The first kappa shape index (κ1) is 15.6. The summed E-state index contributed by atoms with van der Waals surface area (Å²) in [5.74, 6) is 0.391. The monoisotopic (exact) mass is 317 g/mol. The number of aryl methyl sites for hydroxylation is 2. The highest BCUT2D eigenvalue weighted by atomic mass is 35.5. The summed E-state index contributed by atoms with van der Waals surface area (Å²) in [5, 5.41) is 9.00. The van der Waals surface area contributed by atoms with Gasteiger partial charge in [0.25, 0.3) is 0 Å². The first-order valence-electron chi connectivity index (χ1n) is 8.07. The lowest BCUT2D eigenvalue weighted by molar-refractivity contribution is 0.456. The zero-order valence-electron chi connectivity index (χ0n) is 13.6. The molecule has 118 valence electrons. The normalized spacial score (nSPS) is 17.8. The van der Waals surface area contributed by atoms with Gasteiger partial charge in [-0.3, -0.25) is 4.68 Å². The van der Waals surface area contributed by atoms with Crippen LogP contribution in [0.5, 0.6) is 0 Å². The van der Waals surface area contributed by atoms with Crippen molar-refractivity contribution in [3.05, 3.63) is 51.8 Å². The molecule has 3 rings (SSSR count). The molecule has 0 aliphatic heterocycles. The van der Waals surface area contributed by atoms with Crippen molar-refractivity contribution in [3.63, 3.8) is 0 Å². The average Bonchev–Trinajstić information content (AvgIpc) is 2.81. The minimum absolute atomic E-state index is 0.391. The Morgan fingerprint density at radius 3 is 2.77 bits per heavy atom. The number of nitrogens with one attached hydrogen (secondary N) is 1. The van der Waals surface area contributed by atoms with Crippen LogP contribution in [0.1, 0.15) is 48.6 Å². The van der Waals surface area contributed by atoms with Crippen molar-refractivity contribution in [1.82, 2.24) is 15.1 Å². The number of fused-ring (bicyclic) bond motifs is 1. The van der Waals surface area contributed by atoms with E-state index in [1.54, 1.807) is 4.68 Å². The lowest BCUT2D eigenvalue weighted by atomic mass is 9.88. The third kappa shape index (κ3) is 3.06. The fourth-order valence-corrected chi connectivity index (χ4v) is 3.51. The minimum atomic E-state index is 0.391. The lowest BCUT2D eigenvalue weighted by Crippen LogP contribution is -2.34. The summed E-state index contributed by atoms with van der Waals surface area (Å²) in [6, 6.07) is 9.29. The highest BCUT2D eigenvalue weighted by Gasteiger charge is 2.21. The van der Waals surface area contributed by atoms with E-state index in [4.69, 9.17) is 11.6 Å². The summed E-state index contributed by atoms with van der Waals surface area (Å²) in [6.07, 6.45) is 3.45. The third-order valence-electron chi connectivity index (χ3n) is 4.56. The summed E-state index contributed by atoms with van der Waals surface area (Å²) in [7, 11) is 1.91. The SMILES string of the molecule is CC(C)c1nn(C)c(Cl)c1CN[C@H]1CCc2ccccc2C1. The van der Waals surface area contributed by atoms with Gasteiger partial charge in [0.05, 0.1) is 5.69 Å². The second kappa shape index (κ2) is 6.43. The van der Waals surface area contributed by atoms with Crippen molar-refractivity contribution in [1.29, 1.82) is 0 Å². The fourth-order valence-electron chi connectivity index (χ4n) is 3.31. The first-order chi connectivity index (χ1) is 10.6. The summed E-state index contributed by atoms with van der Waals surface area (Å²) < 4.78 is 1.78. The number of hydrogen-bond acceptors (Lipinski definition) is 2. The molecule has 1 aliphatic rings. The Morgan fingerprint density at radius 2 is 2.05 bits per heavy atom. The zero-order chi connectivity index (χ0) is 15.7. The Labute approximate surface area is 137 Å². The van der Waals surface area contributed by atoms with Gasteiger partial charge in [-0.1, -0.05) is 49.7 Å². The molecular weight excluding hydrogens is 294 g/mol. The highest BCUT2D eigenvalue weighted by molar-refractivity contribution is 6.30. The molecule has 0 radical (unpaired) electrons. The topological polar surface area (TPSA) is 29.9 Å². The number of nitrogens with zero attached hydrogens (tertiary/aromatic N) is 2. The molecular formula is C18H24ClN3. The van der Waals surface area contributed by atoms with Crippen LogP contribution < -0.4 is 5.32 Å². The molecule has 0 bridgehead atoms. The number of benzene rings is 1. The first-order valence-corrected chi connectivity index (χ1v) is 8.45. The maximum Gasteiger partial charge on any atom is 0.131 e. The predicted octanol–water partition coefficient (Wildman–Crippen LogP) is 3.84. The van der Waals surface area contributed by atoms with E-state index >= 15 is 0 Å². The summed E-state index contributed by atoms with van der Waals surface area (Å²) in [6.45, 7) is 5.13. The van der Waals surface area contributed by atoms with Crippen molar-refractivity contribution in [2.24, 2.45) is 7.05 Å². The molecule has 0 amide bonds. The van der Waals surface area contributed by atoms with Gasteiger partial charge in [0, 0.05) is 25.2 Å². The maximum absolute atomic E-state index is 6.42. The number of halogens is 1. The zero-order valence-corrected chi connectivity index (χ0v) is 14.3. The van der Waals surface area contributed by atoms with Gasteiger partial charge in [0.2, 0.25) is 0 Å². The van der Waals surface area contributed by atoms with Crippen LogP contribution in [0.15, 0.2) is 24.3 Å². The quantitative estimate of drug-likeness (QED) is 0.928. The fraction of sp³-hybridized carbons (Fsp3) is 0.500. The van der Waals surface area contributed by atoms with E-state index in [1.807, 2.05) is 7.05 Å². The van der Waals surface area contributed by atoms with Gasteiger partial charge in [-0.05, 0) is 36.3 Å². The van der Waals surface area contributed by atoms with Crippen molar-refractivity contribution in [2.45, 2.75) is 51.6 Å². The van der Waals surface area contributed by atoms with Crippen LogP contribution in [-0.4, -0.2) is 15.8 Å². The predicted molar refractivity (Wildman–Crippen MR) is 91.4 cm³/mol. The minimum Gasteiger partial charge on any atom is -0.309 e. The van der Waals surface area contributed by atoms with Gasteiger partial charge in [0.1, 0.15) is 5.15 Å². The van der Waals surface area contributed by atoms with Crippen LogP contribution in [0.4, 0.5) is 0 Å².